The van der Waals surface area contributed by atoms with E-state index in [4.69, 9.17) is 4.84 Å². The molecule has 1 amide bonds. The number of nitrogens with zero attached hydrogens (tertiary/aromatic N) is 4. The van der Waals surface area contributed by atoms with Crippen molar-refractivity contribution in [2.75, 3.05) is 23.5 Å². The third-order valence-electron chi connectivity index (χ3n) is 5.73. The summed E-state index contributed by atoms with van der Waals surface area (Å²) in [5.41, 5.74) is 4.24. The van der Waals surface area contributed by atoms with E-state index in [1.54, 1.807) is 0 Å². The van der Waals surface area contributed by atoms with Crippen LogP contribution >= 0.6 is 0 Å². The Morgan fingerprint density at radius 3 is 2.81 bits per heavy atom. The molecule has 2 aliphatic rings. The Labute approximate surface area is 180 Å². The first-order chi connectivity index (χ1) is 15.2. The lowest BCUT2D eigenvalue weighted by Gasteiger charge is -2.27. The first-order valence-electron chi connectivity index (χ1n) is 10.3. The third kappa shape index (κ3) is 4.02. The standard InChI is InChI=1S/C23H23N5O3/c29-23(30)27-10-8-16-6-7-19(12-18(16)14-27)26-21-13-22(25-15-24-21)28-20(9-11-31-28)17-4-2-1-3-5-17/h1-7,12-13,15,20H,8-11,14H2,(H,29,30)(H,24,25,26)/t20-/m1/s1. The van der Waals surface area contributed by atoms with Gasteiger partial charge in [0.2, 0.25) is 0 Å². The van der Waals surface area contributed by atoms with E-state index in [2.05, 4.69) is 27.4 Å². The zero-order valence-electron chi connectivity index (χ0n) is 16.9. The van der Waals surface area contributed by atoms with Crippen molar-refractivity contribution in [2.45, 2.75) is 25.4 Å². The van der Waals surface area contributed by atoms with Gasteiger partial charge in [-0.3, -0.25) is 4.84 Å². The van der Waals surface area contributed by atoms with Crippen LogP contribution in [0.4, 0.5) is 22.1 Å². The van der Waals surface area contributed by atoms with Crippen LogP contribution < -0.4 is 10.4 Å². The highest BCUT2D eigenvalue weighted by Crippen LogP contribution is 2.34. The Kier molecular flexibility index (Phi) is 5.13. The van der Waals surface area contributed by atoms with E-state index in [0.29, 0.717) is 31.3 Å². The largest absolute Gasteiger partial charge is 0.465 e. The zero-order valence-corrected chi connectivity index (χ0v) is 16.9. The van der Waals surface area contributed by atoms with E-state index in [1.165, 1.54) is 22.4 Å². The minimum Gasteiger partial charge on any atom is -0.465 e. The van der Waals surface area contributed by atoms with Crippen LogP contribution in [0.25, 0.3) is 0 Å². The summed E-state index contributed by atoms with van der Waals surface area (Å²) in [6.45, 7) is 1.57. The highest BCUT2D eigenvalue weighted by atomic mass is 16.7. The van der Waals surface area contributed by atoms with Gasteiger partial charge in [0.1, 0.15) is 12.1 Å². The van der Waals surface area contributed by atoms with Crippen LogP contribution in [0.3, 0.4) is 0 Å². The fourth-order valence-electron chi connectivity index (χ4n) is 4.15. The summed E-state index contributed by atoms with van der Waals surface area (Å²) in [5, 5.41) is 14.4. The number of anilines is 3. The van der Waals surface area contributed by atoms with Crippen molar-refractivity contribution in [3.8, 4) is 0 Å². The topological polar surface area (TPSA) is 90.8 Å². The Hall–Kier alpha value is -3.65. The molecule has 31 heavy (non-hydrogen) atoms. The molecule has 0 unspecified atom stereocenters. The molecule has 0 radical (unpaired) electrons. The van der Waals surface area contributed by atoms with Crippen LogP contribution in [0.15, 0.2) is 60.9 Å². The van der Waals surface area contributed by atoms with Gasteiger partial charge in [0.05, 0.1) is 12.6 Å². The van der Waals surface area contributed by atoms with Crippen molar-refractivity contribution in [3.05, 3.63) is 77.6 Å². The van der Waals surface area contributed by atoms with Crippen molar-refractivity contribution in [2.24, 2.45) is 0 Å². The van der Waals surface area contributed by atoms with Gasteiger partial charge in [-0.1, -0.05) is 36.4 Å². The molecule has 8 heteroatoms. The second kappa shape index (κ2) is 8.23. The third-order valence-corrected chi connectivity index (χ3v) is 5.73. The number of carboxylic acid groups (broad SMARTS) is 1. The molecule has 1 saturated heterocycles. The van der Waals surface area contributed by atoms with Crippen molar-refractivity contribution in [3.63, 3.8) is 0 Å². The molecule has 1 fully saturated rings. The number of carbonyl (C=O) groups is 1. The molecular formula is C23H23N5O3. The van der Waals surface area contributed by atoms with Gasteiger partial charge >= 0.3 is 6.09 Å². The summed E-state index contributed by atoms with van der Waals surface area (Å²) in [5.74, 6) is 1.34. The fraction of sp³-hybridized carbons (Fsp3) is 0.261. The number of benzene rings is 2. The average Bonchev–Trinajstić information content (AvgIpc) is 3.29. The molecule has 8 nitrogen and oxygen atoms in total. The highest BCUT2D eigenvalue weighted by molar-refractivity contribution is 5.66. The lowest BCUT2D eigenvalue weighted by Crippen LogP contribution is -2.34. The van der Waals surface area contributed by atoms with E-state index >= 15 is 0 Å². The number of rotatable bonds is 4. The number of hydrogen-bond acceptors (Lipinski definition) is 6. The van der Waals surface area contributed by atoms with E-state index in [-0.39, 0.29) is 6.04 Å². The van der Waals surface area contributed by atoms with Crippen molar-refractivity contribution in [1.29, 1.82) is 0 Å². The van der Waals surface area contributed by atoms with E-state index in [0.717, 1.165) is 24.1 Å². The summed E-state index contributed by atoms with van der Waals surface area (Å²) in [4.78, 5) is 27.4. The second-order valence-electron chi connectivity index (χ2n) is 7.70. The Morgan fingerprint density at radius 1 is 1.10 bits per heavy atom. The Balaban J connectivity index is 1.36. The monoisotopic (exact) mass is 417 g/mol. The summed E-state index contributed by atoms with van der Waals surface area (Å²) in [7, 11) is 0. The predicted molar refractivity (Wildman–Crippen MR) is 116 cm³/mol. The van der Waals surface area contributed by atoms with Gasteiger partial charge in [-0.15, -0.1) is 0 Å². The van der Waals surface area contributed by atoms with Crippen LogP contribution in [-0.2, 0) is 17.8 Å². The number of amides is 1. The Morgan fingerprint density at radius 2 is 1.97 bits per heavy atom. The van der Waals surface area contributed by atoms with Crippen LogP contribution in [0.5, 0.6) is 0 Å². The normalized spacial score (nSPS) is 18.0. The highest BCUT2D eigenvalue weighted by Gasteiger charge is 2.29. The summed E-state index contributed by atoms with van der Waals surface area (Å²) >= 11 is 0. The molecule has 2 aliphatic heterocycles. The van der Waals surface area contributed by atoms with Crippen LogP contribution in [0.2, 0.25) is 0 Å². The first-order valence-corrected chi connectivity index (χ1v) is 10.3. The van der Waals surface area contributed by atoms with Gasteiger partial charge in [-0.25, -0.2) is 19.8 Å². The lowest BCUT2D eigenvalue weighted by molar-refractivity contribution is 0.140. The molecule has 1 atom stereocenters. The van der Waals surface area contributed by atoms with Gasteiger partial charge in [-0.05, 0) is 35.2 Å². The number of fused-ring (bicyclic) bond motifs is 1. The number of nitrogens with one attached hydrogen (secondary N) is 1. The summed E-state index contributed by atoms with van der Waals surface area (Å²) < 4.78 is 0. The van der Waals surface area contributed by atoms with Gasteiger partial charge in [0.25, 0.3) is 0 Å². The van der Waals surface area contributed by atoms with E-state index in [1.807, 2.05) is 47.5 Å². The SMILES string of the molecule is O=C(O)N1CCc2ccc(Nc3cc(N4OCC[C@@H]4c4ccccc4)ncn3)cc2C1. The maximum Gasteiger partial charge on any atom is 0.407 e. The van der Waals surface area contributed by atoms with Crippen molar-refractivity contribution < 1.29 is 14.7 Å². The maximum absolute atomic E-state index is 11.3. The number of hydrogen-bond donors (Lipinski definition) is 2. The molecule has 5 rings (SSSR count). The zero-order chi connectivity index (χ0) is 21.2. The molecule has 0 spiro atoms. The molecule has 0 bridgehead atoms. The van der Waals surface area contributed by atoms with Crippen molar-refractivity contribution in [1.82, 2.24) is 14.9 Å². The smallest absolute Gasteiger partial charge is 0.407 e. The Bertz CT molecular complexity index is 1090. The van der Waals surface area contributed by atoms with E-state index < -0.39 is 6.09 Å². The second-order valence-corrected chi connectivity index (χ2v) is 7.70. The van der Waals surface area contributed by atoms with Gasteiger partial charge in [0.15, 0.2) is 5.82 Å². The molecule has 2 aromatic carbocycles. The van der Waals surface area contributed by atoms with Gasteiger partial charge in [0, 0.05) is 31.3 Å². The molecule has 1 aromatic heterocycles. The molecule has 0 aliphatic carbocycles. The quantitative estimate of drug-likeness (QED) is 0.659. The predicted octanol–water partition coefficient (Wildman–Crippen LogP) is 4.14. The molecule has 158 valence electrons. The molecule has 0 saturated carbocycles. The minimum atomic E-state index is -0.886. The van der Waals surface area contributed by atoms with Crippen molar-refractivity contribution >= 4 is 23.4 Å². The van der Waals surface area contributed by atoms with Gasteiger partial charge < -0.3 is 15.3 Å². The maximum atomic E-state index is 11.3. The lowest BCUT2D eigenvalue weighted by atomic mass is 9.99. The molecular weight excluding hydrogens is 394 g/mol. The molecule has 3 heterocycles. The summed E-state index contributed by atoms with van der Waals surface area (Å²) in [6.07, 6.45) is 2.25. The van der Waals surface area contributed by atoms with Crippen LogP contribution in [0.1, 0.15) is 29.2 Å². The van der Waals surface area contributed by atoms with E-state index in [9.17, 15) is 9.90 Å². The fourth-order valence-corrected chi connectivity index (χ4v) is 4.15. The van der Waals surface area contributed by atoms with Crippen LogP contribution in [0, 0.1) is 0 Å². The van der Waals surface area contributed by atoms with Crippen LogP contribution in [-0.4, -0.2) is 39.2 Å². The average molecular weight is 417 g/mol. The number of aromatic nitrogens is 2. The number of hydroxylamine groups is 1. The minimum absolute atomic E-state index is 0.106. The van der Waals surface area contributed by atoms with Gasteiger partial charge in [-0.2, -0.15) is 0 Å². The first kappa shape index (κ1) is 19.3. The molecule has 3 aromatic rings. The summed E-state index contributed by atoms with van der Waals surface area (Å²) in [6, 6.07) is 18.3. The molecule has 2 N–H and O–H groups in total.